The van der Waals surface area contributed by atoms with Crippen molar-refractivity contribution >= 4 is 28.8 Å². The van der Waals surface area contributed by atoms with Gasteiger partial charge in [-0.25, -0.2) is 0 Å². The summed E-state index contributed by atoms with van der Waals surface area (Å²) in [7, 11) is 0. The Morgan fingerprint density at radius 2 is 1.84 bits per heavy atom. The number of amides is 1. The third kappa shape index (κ3) is 4.62. The van der Waals surface area contributed by atoms with Crippen LogP contribution in [-0.4, -0.2) is 5.91 Å². The normalized spacial score (nSPS) is 11.8. The van der Waals surface area contributed by atoms with Crippen molar-refractivity contribution in [3.63, 3.8) is 0 Å². The van der Waals surface area contributed by atoms with Gasteiger partial charge in [0, 0.05) is 5.02 Å². The largest absolute Gasteiger partial charge is 0.487 e. The minimum absolute atomic E-state index is 0.0695. The fraction of sp³-hybridized carbons (Fsp3) is 0.150. The summed E-state index contributed by atoms with van der Waals surface area (Å²) in [6.45, 7) is 2.36. The van der Waals surface area contributed by atoms with Crippen molar-refractivity contribution in [1.82, 2.24) is 5.32 Å². The highest BCUT2D eigenvalue weighted by Gasteiger charge is 2.17. The second-order valence-corrected chi connectivity index (χ2v) is 6.99. The summed E-state index contributed by atoms with van der Waals surface area (Å²) in [4.78, 5) is 13.1. The summed E-state index contributed by atoms with van der Waals surface area (Å²) < 4.78 is 5.82. The van der Waals surface area contributed by atoms with Crippen molar-refractivity contribution in [1.29, 1.82) is 0 Å². The van der Waals surface area contributed by atoms with Gasteiger partial charge in [-0.2, -0.15) is 0 Å². The van der Waals surface area contributed by atoms with Gasteiger partial charge in [0.15, 0.2) is 0 Å². The second-order valence-electron chi connectivity index (χ2n) is 5.63. The van der Waals surface area contributed by atoms with Crippen LogP contribution >= 0.6 is 22.9 Å². The molecule has 25 heavy (non-hydrogen) atoms. The molecule has 3 nitrogen and oxygen atoms in total. The van der Waals surface area contributed by atoms with E-state index in [4.69, 9.17) is 16.3 Å². The van der Waals surface area contributed by atoms with Crippen LogP contribution in [0, 0.1) is 0 Å². The van der Waals surface area contributed by atoms with Crippen LogP contribution < -0.4 is 10.1 Å². The van der Waals surface area contributed by atoms with Crippen LogP contribution in [0.1, 0.15) is 33.8 Å². The van der Waals surface area contributed by atoms with Gasteiger partial charge in [-0.05, 0) is 41.6 Å². The Labute approximate surface area is 156 Å². The molecule has 5 heteroatoms. The van der Waals surface area contributed by atoms with Crippen molar-refractivity contribution in [2.24, 2.45) is 0 Å². The summed E-state index contributed by atoms with van der Waals surface area (Å²) in [5, 5.41) is 5.57. The Bertz CT molecular complexity index is 830. The van der Waals surface area contributed by atoms with Gasteiger partial charge in [0.1, 0.15) is 17.2 Å². The van der Waals surface area contributed by atoms with E-state index < -0.39 is 0 Å². The van der Waals surface area contributed by atoms with E-state index in [0.717, 1.165) is 11.1 Å². The number of nitrogens with one attached hydrogen (secondary N) is 1. The smallest absolute Gasteiger partial charge is 0.265 e. The molecular formula is C20H18ClNO2S. The minimum atomic E-state index is -0.127. The Morgan fingerprint density at radius 1 is 1.12 bits per heavy atom. The number of hydrogen-bond acceptors (Lipinski definition) is 3. The van der Waals surface area contributed by atoms with Crippen molar-refractivity contribution < 1.29 is 9.53 Å². The molecule has 1 atom stereocenters. The third-order valence-electron chi connectivity index (χ3n) is 3.79. The molecule has 0 aliphatic rings. The summed E-state index contributed by atoms with van der Waals surface area (Å²) >= 11 is 7.26. The molecule has 1 aromatic heterocycles. The van der Waals surface area contributed by atoms with E-state index in [9.17, 15) is 4.79 Å². The van der Waals surface area contributed by atoms with Gasteiger partial charge in [0.25, 0.3) is 5.91 Å². The van der Waals surface area contributed by atoms with E-state index in [1.165, 1.54) is 11.3 Å². The Balaban J connectivity index is 1.64. The molecule has 0 spiro atoms. The first kappa shape index (κ1) is 17.5. The molecule has 0 radical (unpaired) electrons. The van der Waals surface area contributed by atoms with Crippen molar-refractivity contribution in [3.05, 3.63) is 87.1 Å². The number of thiophene rings is 1. The summed E-state index contributed by atoms with van der Waals surface area (Å²) in [6.07, 6.45) is 0. The average molecular weight is 372 g/mol. The van der Waals surface area contributed by atoms with Crippen LogP contribution in [0.5, 0.6) is 5.75 Å². The van der Waals surface area contributed by atoms with Crippen LogP contribution in [0.15, 0.2) is 66.0 Å². The molecule has 128 valence electrons. The highest BCUT2D eigenvalue weighted by molar-refractivity contribution is 7.12. The number of benzene rings is 2. The predicted molar refractivity (Wildman–Crippen MR) is 102 cm³/mol. The van der Waals surface area contributed by atoms with E-state index in [-0.39, 0.29) is 11.9 Å². The lowest BCUT2D eigenvalue weighted by atomic mass is 10.1. The maximum absolute atomic E-state index is 12.6. The van der Waals surface area contributed by atoms with Crippen LogP contribution in [-0.2, 0) is 6.61 Å². The molecule has 3 rings (SSSR count). The zero-order valence-electron chi connectivity index (χ0n) is 13.7. The van der Waals surface area contributed by atoms with Gasteiger partial charge in [-0.1, -0.05) is 54.1 Å². The Morgan fingerprint density at radius 3 is 2.56 bits per heavy atom. The first-order valence-corrected chi connectivity index (χ1v) is 9.20. The van der Waals surface area contributed by atoms with Gasteiger partial charge < -0.3 is 10.1 Å². The van der Waals surface area contributed by atoms with E-state index >= 15 is 0 Å². The van der Waals surface area contributed by atoms with Gasteiger partial charge >= 0.3 is 0 Å². The number of carbonyl (C=O) groups excluding carboxylic acids is 1. The second kappa shape index (κ2) is 8.19. The molecule has 3 aromatic rings. The molecule has 0 bridgehead atoms. The van der Waals surface area contributed by atoms with E-state index in [1.54, 1.807) is 0 Å². The third-order valence-corrected chi connectivity index (χ3v) is 4.94. The molecule has 0 aliphatic heterocycles. The first-order valence-electron chi connectivity index (χ1n) is 7.94. The van der Waals surface area contributed by atoms with Crippen LogP contribution in [0.4, 0.5) is 0 Å². The number of ether oxygens (including phenoxy) is 1. The highest BCUT2D eigenvalue weighted by Crippen LogP contribution is 2.26. The topological polar surface area (TPSA) is 38.3 Å². The zero-order chi connectivity index (χ0) is 17.6. The van der Waals surface area contributed by atoms with Gasteiger partial charge in [0.05, 0.1) is 6.04 Å². The van der Waals surface area contributed by atoms with Gasteiger partial charge in [-0.15, -0.1) is 11.3 Å². The lowest BCUT2D eigenvalue weighted by Gasteiger charge is -2.14. The summed E-state index contributed by atoms with van der Waals surface area (Å²) in [5.41, 5.74) is 2.07. The maximum atomic E-state index is 12.6. The predicted octanol–water partition coefficient (Wildman–Crippen LogP) is 5.47. The van der Waals surface area contributed by atoms with E-state index in [2.05, 4.69) is 5.32 Å². The highest BCUT2D eigenvalue weighted by atomic mass is 35.5. The fourth-order valence-corrected chi connectivity index (χ4v) is 3.27. The average Bonchev–Trinajstić information content (AvgIpc) is 3.10. The quantitative estimate of drug-likeness (QED) is 0.623. The Hall–Kier alpha value is -2.30. The molecule has 1 N–H and O–H groups in total. The fourth-order valence-electron chi connectivity index (χ4n) is 2.41. The van der Waals surface area contributed by atoms with Gasteiger partial charge in [0.2, 0.25) is 0 Å². The number of hydrogen-bond donors (Lipinski definition) is 1. The maximum Gasteiger partial charge on any atom is 0.265 e. The lowest BCUT2D eigenvalue weighted by Crippen LogP contribution is -2.26. The SMILES string of the molecule is C[C@H](NC(=O)c1sccc1OCc1ccc(Cl)cc1)c1ccccc1. The number of carbonyl (C=O) groups is 1. The standard InChI is InChI=1S/C20H18ClNO2S/c1-14(16-5-3-2-4-6-16)22-20(23)19-18(11-12-25-19)24-13-15-7-9-17(21)10-8-15/h2-12,14H,13H2,1H3,(H,22,23)/t14-/m0/s1. The van der Waals surface area contributed by atoms with Crippen molar-refractivity contribution in [2.75, 3.05) is 0 Å². The molecule has 0 fully saturated rings. The lowest BCUT2D eigenvalue weighted by molar-refractivity contribution is 0.0940. The molecule has 1 heterocycles. The Kier molecular flexibility index (Phi) is 5.74. The number of halogens is 1. The summed E-state index contributed by atoms with van der Waals surface area (Å²) in [5.74, 6) is 0.468. The number of rotatable bonds is 6. The molecule has 2 aromatic carbocycles. The molecule has 1 amide bonds. The molecular weight excluding hydrogens is 354 g/mol. The van der Waals surface area contributed by atoms with Crippen LogP contribution in [0.3, 0.4) is 0 Å². The molecule has 0 saturated heterocycles. The molecule has 0 saturated carbocycles. The zero-order valence-corrected chi connectivity index (χ0v) is 15.3. The summed E-state index contributed by atoms with van der Waals surface area (Å²) in [6, 6.07) is 19.1. The van der Waals surface area contributed by atoms with Crippen LogP contribution in [0.25, 0.3) is 0 Å². The molecule has 0 unspecified atom stereocenters. The van der Waals surface area contributed by atoms with Crippen molar-refractivity contribution in [3.8, 4) is 5.75 Å². The van der Waals surface area contributed by atoms with Crippen molar-refractivity contribution in [2.45, 2.75) is 19.6 Å². The van der Waals surface area contributed by atoms with E-state index in [0.29, 0.717) is 22.3 Å². The monoisotopic (exact) mass is 371 g/mol. The van der Waals surface area contributed by atoms with Crippen LogP contribution in [0.2, 0.25) is 5.02 Å². The first-order chi connectivity index (χ1) is 12.1. The van der Waals surface area contributed by atoms with Gasteiger partial charge in [-0.3, -0.25) is 4.79 Å². The minimum Gasteiger partial charge on any atom is -0.487 e. The molecule has 0 aliphatic carbocycles. The van der Waals surface area contributed by atoms with E-state index in [1.807, 2.05) is 73.0 Å².